The summed E-state index contributed by atoms with van der Waals surface area (Å²) < 4.78 is 12.5. The van der Waals surface area contributed by atoms with Crippen molar-refractivity contribution in [3.05, 3.63) is 64.5 Å². The molecule has 12 heteroatoms. The second-order valence-corrected chi connectivity index (χ2v) is 9.73. The number of methoxy groups -OCH3 is 2. The van der Waals surface area contributed by atoms with Crippen molar-refractivity contribution >= 4 is 39.9 Å². The van der Waals surface area contributed by atoms with E-state index in [1.807, 2.05) is 42.1 Å². The normalized spacial score (nSPS) is 15.2. The van der Waals surface area contributed by atoms with Crippen LogP contribution in [0, 0.1) is 10.1 Å². The van der Waals surface area contributed by atoms with Gasteiger partial charge in [0.1, 0.15) is 17.0 Å². The topological polar surface area (TPSA) is 137 Å². The van der Waals surface area contributed by atoms with Gasteiger partial charge in [0.25, 0.3) is 5.69 Å². The van der Waals surface area contributed by atoms with Gasteiger partial charge in [0.2, 0.25) is 5.95 Å². The van der Waals surface area contributed by atoms with Gasteiger partial charge in [-0.3, -0.25) is 10.1 Å². The molecule has 12 nitrogen and oxygen atoms in total. The number of carbonyl (C=O) groups excluding carboxylic acids is 1. The molecule has 0 spiro atoms. The molecule has 1 unspecified atom stereocenters. The highest BCUT2D eigenvalue weighted by atomic mass is 16.6. The smallest absolute Gasteiger partial charge is 0.341 e. The lowest BCUT2D eigenvalue weighted by Crippen LogP contribution is -2.31. The summed E-state index contributed by atoms with van der Waals surface area (Å²) in [5.41, 5.74) is 2.82. The summed E-state index contributed by atoms with van der Waals surface area (Å²) in [6, 6.07) is 11.1. The van der Waals surface area contributed by atoms with E-state index in [4.69, 9.17) is 9.47 Å². The molecule has 0 bridgehead atoms. The molecule has 4 aromatic rings. The minimum absolute atomic E-state index is 0.107. The van der Waals surface area contributed by atoms with Crippen molar-refractivity contribution in [2.24, 2.45) is 7.05 Å². The Morgan fingerprint density at radius 2 is 2.00 bits per heavy atom. The third-order valence-electron chi connectivity index (χ3n) is 7.31. The minimum atomic E-state index is -0.578. The molecule has 1 aliphatic heterocycles. The summed E-state index contributed by atoms with van der Waals surface area (Å²) in [4.78, 5) is 35.4. The van der Waals surface area contributed by atoms with Crippen LogP contribution in [0.25, 0.3) is 22.2 Å². The lowest BCUT2D eigenvalue weighted by Gasteiger charge is -2.21. The summed E-state index contributed by atoms with van der Waals surface area (Å²) in [5.74, 6) is -0.0669. The van der Waals surface area contributed by atoms with Crippen molar-refractivity contribution in [2.45, 2.75) is 18.9 Å². The third-order valence-corrected chi connectivity index (χ3v) is 7.31. The molecule has 0 aliphatic carbocycles. The van der Waals surface area contributed by atoms with Gasteiger partial charge in [-0.25, -0.2) is 14.8 Å². The van der Waals surface area contributed by atoms with Gasteiger partial charge in [0.15, 0.2) is 0 Å². The molecule has 1 aliphatic rings. The van der Waals surface area contributed by atoms with Gasteiger partial charge in [-0.2, -0.15) is 0 Å². The van der Waals surface area contributed by atoms with E-state index in [0.29, 0.717) is 35.4 Å². The fraction of sp³-hybridized carbons (Fsp3) is 0.321. The maximum Gasteiger partial charge on any atom is 0.341 e. The molecule has 3 heterocycles. The van der Waals surface area contributed by atoms with Crippen molar-refractivity contribution in [1.29, 1.82) is 0 Å². The number of ether oxygens (including phenoxy) is 2. The Hall–Kier alpha value is -4.71. The molecule has 208 valence electrons. The highest BCUT2D eigenvalue weighted by molar-refractivity contribution is 6.02. The molecular formula is C28H31N7O5. The molecule has 40 heavy (non-hydrogen) atoms. The van der Waals surface area contributed by atoms with Crippen molar-refractivity contribution in [3.63, 3.8) is 0 Å². The van der Waals surface area contributed by atoms with Crippen molar-refractivity contribution in [1.82, 2.24) is 19.4 Å². The first-order valence-corrected chi connectivity index (χ1v) is 12.9. The first kappa shape index (κ1) is 26.9. The molecule has 1 saturated heterocycles. The zero-order valence-electron chi connectivity index (χ0n) is 22.8. The lowest BCUT2D eigenvalue weighted by atomic mass is 10.1. The number of anilines is 3. The number of nitrogens with zero attached hydrogens (tertiary/aromatic N) is 5. The van der Waals surface area contributed by atoms with E-state index in [0.717, 1.165) is 35.9 Å². The number of benzene rings is 2. The number of esters is 1. The quantitative estimate of drug-likeness (QED) is 0.175. The van der Waals surface area contributed by atoms with Crippen molar-refractivity contribution in [3.8, 4) is 17.0 Å². The van der Waals surface area contributed by atoms with Crippen LogP contribution in [-0.4, -0.2) is 70.7 Å². The van der Waals surface area contributed by atoms with Crippen LogP contribution in [0.2, 0.25) is 0 Å². The predicted molar refractivity (Wildman–Crippen MR) is 152 cm³/mol. The lowest BCUT2D eigenvalue weighted by molar-refractivity contribution is -0.383. The molecule has 5 rings (SSSR count). The number of hydrogen-bond acceptors (Lipinski definition) is 10. The number of aromatic nitrogens is 3. The first-order valence-electron chi connectivity index (χ1n) is 12.9. The van der Waals surface area contributed by atoms with Crippen LogP contribution in [-0.2, 0) is 11.8 Å². The average molecular weight is 546 g/mol. The van der Waals surface area contributed by atoms with Gasteiger partial charge in [0.05, 0.1) is 30.5 Å². The number of carbonyl (C=O) groups is 1. The zero-order valence-corrected chi connectivity index (χ0v) is 22.8. The highest BCUT2D eigenvalue weighted by Gasteiger charge is 2.25. The summed E-state index contributed by atoms with van der Waals surface area (Å²) in [6.07, 6.45) is 5.41. The number of fused-ring (bicyclic) bond motifs is 1. The molecule has 0 saturated carbocycles. The first-order chi connectivity index (χ1) is 19.3. The van der Waals surface area contributed by atoms with E-state index in [2.05, 4.69) is 32.5 Å². The summed E-state index contributed by atoms with van der Waals surface area (Å²) in [6.45, 7) is 1.59. The van der Waals surface area contributed by atoms with E-state index in [1.54, 1.807) is 6.07 Å². The van der Waals surface area contributed by atoms with Crippen LogP contribution in [0.1, 0.15) is 23.2 Å². The minimum Gasteiger partial charge on any atom is -0.494 e. The van der Waals surface area contributed by atoms with E-state index in [9.17, 15) is 14.9 Å². The highest BCUT2D eigenvalue weighted by Crippen LogP contribution is 2.38. The molecule has 2 aromatic heterocycles. The van der Waals surface area contributed by atoms with Gasteiger partial charge >= 0.3 is 5.97 Å². The maximum atomic E-state index is 12.6. The average Bonchev–Trinajstić information content (AvgIpc) is 3.53. The molecule has 0 amide bonds. The largest absolute Gasteiger partial charge is 0.494 e. The Bertz CT molecular complexity index is 1590. The number of para-hydroxylation sites is 1. The van der Waals surface area contributed by atoms with Crippen LogP contribution in [0.15, 0.2) is 48.8 Å². The molecule has 2 aromatic carbocycles. The summed E-state index contributed by atoms with van der Waals surface area (Å²) in [7, 11) is 6.75. The number of rotatable bonds is 9. The van der Waals surface area contributed by atoms with Crippen LogP contribution in [0.3, 0.4) is 0 Å². The van der Waals surface area contributed by atoms with Crippen molar-refractivity contribution in [2.75, 3.05) is 45.0 Å². The number of nitro groups is 1. The molecule has 0 radical (unpaired) electrons. The predicted octanol–water partition coefficient (Wildman–Crippen LogP) is 4.59. The van der Waals surface area contributed by atoms with Crippen molar-refractivity contribution < 1.29 is 19.2 Å². The number of nitro benzene ring substituents is 1. The molecular weight excluding hydrogens is 514 g/mol. The Balaban J connectivity index is 1.53. The van der Waals surface area contributed by atoms with Gasteiger partial charge in [-0.1, -0.05) is 18.2 Å². The Morgan fingerprint density at radius 1 is 1.20 bits per heavy atom. The maximum absolute atomic E-state index is 12.6. The standard InChI is InChI=1S/C28H31N7O5/c1-33-11-7-8-17(33)14-29-21-13-25(39-3)22(12-24(21)35(37)38)31-28-30-15-19(27(36)40-4)26(32-28)20-16-34(2)23-10-6-5-9-18(20)23/h5-6,9-10,12-13,15-17,29H,7-8,11,14H2,1-4H3,(H,30,31,32). The van der Waals surface area contributed by atoms with Gasteiger partial charge in [-0.05, 0) is 32.5 Å². The van der Waals surface area contributed by atoms with Gasteiger partial charge in [-0.15, -0.1) is 0 Å². The van der Waals surface area contributed by atoms with Gasteiger partial charge < -0.3 is 29.6 Å². The number of hydrogen-bond donors (Lipinski definition) is 2. The second-order valence-electron chi connectivity index (χ2n) is 9.73. The van der Waals surface area contributed by atoms with E-state index in [1.165, 1.54) is 26.5 Å². The fourth-order valence-corrected chi connectivity index (χ4v) is 5.15. The number of aryl methyl sites for hydroxylation is 1. The van der Waals surface area contributed by atoms with Gasteiger partial charge in [0, 0.05) is 60.6 Å². The molecule has 1 atom stereocenters. The van der Waals surface area contributed by atoms with E-state index < -0.39 is 10.9 Å². The zero-order chi connectivity index (χ0) is 28.4. The van der Waals surface area contributed by atoms with Crippen LogP contribution < -0.4 is 15.4 Å². The Labute approximate surface area is 231 Å². The summed E-state index contributed by atoms with van der Waals surface area (Å²) in [5, 5.41) is 19.2. The SMILES string of the molecule is COC(=O)c1cnc(Nc2cc([N+](=O)[O-])c(NCC3CCCN3C)cc2OC)nc1-c1cn(C)c2ccccc12. The van der Waals surface area contributed by atoms with Crippen LogP contribution in [0.5, 0.6) is 5.75 Å². The van der Waals surface area contributed by atoms with Crippen LogP contribution in [0.4, 0.5) is 23.0 Å². The summed E-state index contributed by atoms with van der Waals surface area (Å²) >= 11 is 0. The Kier molecular flexibility index (Phi) is 7.52. The second kappa shape index (κ2) is 11.2. The number of likely N-dealkylation sites (tertiary alicyclic amines) is 1. The molecule has 2 N–H and O–H groups in total. The molecule has 1 fully saturated rings. The third kappa shape index (κ3) is 5.13. The monoisotopic (exact) mass is 545 g/mol. The fourth-order valence-electron chi connectivity index (χ4n) is 5.15. The number of likely N-dealkylation sites (N-methyl/N-ethyl adjacent to an activating group) is 1. The Morgan fingerprint density at radius 3 is 2.70 bits per heavy atom. The van der Waals surface area contributed by atoms with Crippen LogP contribution >= 0.6 is 0 Å². The van der Waals surface area contributed by atoms with E-state index in [-0.39, 0.29) is 17.2 Å². The number of nitrogens with one attached hydrogen (secondary N) is 2. The van der Waals surface area contributed by atoms with E-state index >= 15 is 0 Å².